The summed E-state index contributed by atoms with van der Waals surface area (Å²) in [7, 11) is -3.12. The lowest BCUT2D eigenvalue weighted by Gasteiger charge is -2.30. The first kappa shape index (κ1) is 18.0. The SMILES string of the molecule is Cc1ccccc1C(=O)N(c1cccc(Cl)c1C)[C@H]1CCS(=O)(=O)C1. The van der Waals surface area contributed by atoms with Gasteiger partial charge in [-0.1, -0.05) is 35.9 Å². The molecule has 1 aliphatic heterocycles. The number of anilines is 1. The standard InChI is InChI=1S/C19H20ClNO3S/c1-13-6-3-4-7-16(13)19(22)21(15-10-11-25(23,24)12-15)18-9-5-8-17(20)14(18)2/h3-9,15H,10-12H2,1-2H3/t15-/m0/s1. The van der Waals surface area contributed by atoms with Gasteiger partial charge in [0.1, 0.15) is 0 Å². The zero-order chi connectivity index (χ0) is 18.2. The van der Waals surface area contributed by atoms with E-state index >= 15 is 0 Å². The highest BCUT2D eigenvalue weighted by atomic mass is 35.5. The largest absolute Gasteiger partial charge is 0.304 e. The molecule has 0 saturated carbocycles. The molecule has 0 N–H and O–H groups in total. The van der Waals surface area contributed by atoms with Crippen molar-refractivity contribution in [2.24, 2.45) is 0 Å². The third-order valence-electron chi connectivity index (χ3n) is 4.67. The molecule has 1 heterocycles. The fraction of sp³-hybridized carbons (Fsp3) is 0.316. The van der Waals surface area contributed by atoms with E-state index in [1.165, 1.54) is 0 Å². The van der Waals surface area contributed by atoms with Crippen LogP contribution in [0.4, 0.5) is 5.69 Å². The summed E-state index contributed by atoms with van der Waals surface area (Å²) in [5.74, 6) is -0.101. The summed E-state index contributed by atoms with van der Waals surface area (Å²) in [4.78, 5) is 14.9. The summed E-state index contributed by atoms with van der Waals surface area (Å²) < 4.78 is 24.0. The Kier molecular flexibility index (Phi) is 4.89. The molecule has 4 nitrogen and oxygen atoms in total. The average Bonchev–Trinajstić information content (AvgIpc) is 2.91. The van der Waals surface area contributed by atoms with Gasteiger partial charge in [-0.15, -0.1) is 0 Å². The first-order chi connectivity index (χ1) is 11.8. The highest BCUT2D eigenvalue weighted by molar-refractivity contribution is 7.91. The molecule has 0 spiro atoms. The van der Waals surface area contributed by atoms with Crippen LogP contribution in [0.25, 0.3) is 0 Å². The van der Waals surface area contributed by atoms with Crippen molar-refractivity contribution in [2.45, 2.75) is 26.3 Å². The Labute approximate surface area is 153 Å². The quantitative estimate of drug-likeness (QED) is 0.817. The van der Waals surface area contributed by atoms with Crippen molar-refractivity contribution in [1.82, 2.24) is 0 Å². The van der Waals surface area contributed by atoms with E-state index in [1.807, 2.05) is 38.1 Å². The van der Waals surface area contributed by atoms with Crippen molar-refractivity contribution in [3.05, 3.63) is 64.2 Å². The van der Waals surface area contributed by atoms with E-state index in [-0.39, 0.29) is 23.5 Å². The van der Waals surface area contributed by atoms with Crippen LogP contribution in [0.1, 0.15) is 27.9 Å². The van der Waals surface area contributed by atoms with Gasteiger partial charge in [-0.2, -0.15) is 0 Å². The van der Waals surface area contributed by atoms with Gasteiger partial charge in [0.25, 0.3) is 5.91 Å². The predicted octanol–water partition coefficient (Wildman–Crippen LogP) is 3.79. The molecule has 2 aromatic carbocycles. The minimum atomic E-state index is -3.12. The van der Waals surface area contributed by atoms with E-state index in [9.17, 15) is 13.2 Å². The molecule has 1 fully saturated rings. The van der Waals surface area contributed by atoms with Gasteiger partial charge in [-0.05, 0) is 49.6 Å². The number of rotatable bonds is 3. The van der Waals surface area contributed by atoms with Gasteiger partial charge in [0.15, 0.2) is 9.84 Å². The van der Waals surface area contributed by atoms with Crippen molar-refractivity contribution in [3.8, 4) is 0 Å². The van der Waals surface area contributed by atoms with Crippen LogP contribution in [0, 0.1) is 13.8 Å². The Bertz CT molecular complexity index is 924. The number of nitrogens with zero attached hydrogens (tertiary/aromatic N) is 1. The third-order valence-corrected chi connectivity index (χ3v) is 6.83. The van der Waals surface area contributed by atoms with Crippen molar-refractivity contribution < 1.29 is 13.2 Å². The van der Waals surface area contributed by atoms with Crippen LogP contribution in [0.3, 0.4) is 0 Å². The second-order valence-corrected chi connectivity index (χ2v) is 9.07. The van der Waals surface area contributed by atoms with Crippen molar-refractivity contribution in [2.75, 3.05) is 16.4 Å². The molecule has 2 aromatic rings. The van der Waals surface area contributed by atoms with Crippen LogP contribution in [-0.4, -0.2) is 31.9 Å². The van der Waals surface area contributed by atoms with Crippen molar-refractivity contribution >= 4 is 33.0 Å². The van der Waals surface area contributed by atoms with E-state index < -0.39 is 9.84 Å². The Morgan fingerprint density at radius 2 is 1.84 bits per heavy atom. The minimum Gasteiger partial charge on any atom is -0.304 e. The zero-order valence-electron chi connectivity index (χ0n) is 14.2. The molecule has 25 heavy (non-hydrogen) atoms. The summed E-state index contributed by atoms with van der Waals surface area (Å²) in [6.07, 6.45) is 0.436. The molecule has 0 unspecified atom stereocenters. The molecule has 3 rings (SSSR count). The number of carbonyl (C=O) groups is 1. The second kappa shape index (κ2) is 6.81. The van der Waals surface area contributed by atoms with Gasteiger partial charge >= 0.3 is 0 Å². The zero-order valence-corrected chi connectivity index (χ0v) is 15.8. The van der Waals surface area contributed by atoms with Gasteiger partial charge < -0.3 is 4.90 Å². The van der Waals surface area contributed by atoms with E-state index in [4.69, 9.17) is 11.6 Å². The Balaban J connectivity index is 2.11. The van der Waals surface area contributed by atoms with E-state index in [0.29, 0.717) is 22.7 Å². The van der Waals surface area contributed by atoms with Crippen molar-refractivity contribution in [3.63, 3.8) is 0 Å². The molecule has 1 aliphatic rings. The fourth-order valence-corrected chi connectivity index (χ4v) is 5.12. The smallest absolute Gasteiger partial charge is 0.258 e. The predicted molar refractivity (Wildman–Crippen MR) is 101 cm³/mol. The number of hydrogen-bond acceptors (Lipinski definition) is 3. The number of sulfone groups is 1. The lowest BCUT2D eigenvalue weighted by atomic mass is 10.0. The van der Waals surface area contributed by atoms with Gasteiger partial charge in [-0.25, -0.2) is 8.42 Å². The van der Waals surface area contributed by atoms with Crippen LogP contribution in [0.15, 0.2) is 42.5 Å². The maximum Gasteiger partial charge on any atom is 0.258 e. The van der Waals surface area contributed by atoms with Crippen LogP contribution >= 0.6 is 11.6 Å². The summed E-state index contributed by atoms with van der Waals surface area (Å²) in [6.45, 7) is 3.72. The molecule has 0 aromatic heterocycles. The normalized spacial score (nSPS) is 18.9. The minimum absolute atomic E-state index is 0.0173. The Morgan fingerprint density at radius 1 is 1.12 bits per heavy atom. The van der Waals surface area contributed by atoms with Crippen LogP contribution < -0.4 is 4.90 Å². The highest BCUT2D eigenvalue weighted by Crippen LogP contribution is 2.32. The maximum absolute atomic E-state index is 13.3. The number of amides is 1. The number of benzene rings is 2. The molecule has 6 heteroatoms. The van der Waals surface area contributed by atoms with Gasteiger partial charge in [0, 0.05) is 16.3 Å². The fourth-order valence-electron chi connectivity index (χ4n) is 3.25. The number of aryl methyl sites for hydroxylation is 1. The van der Waals surface area contributed by atoms with Crippen LogP contribution in [-0.2, 0) is 9.84 Å². The Hall–Kier alpha value is -1.85. The molecule has 0 bridgehead atoms. The van der Waals surface area contributed by atoms with Gasteiger partial charge in [-0.3, -0.25) is 4.79 Å². The molecule has 1 saturated heterocycles. The summed E-state index contributed by atoms with van der Waals surface area (Å²) in [5.41, 5.74) is 2.88. The molecule has 1 amide bonds. The monoisotopic (exact) mass is 377 g/mol. The van der Waals surface area contributed by atoms with E-state index in [0.717, 1.165) is 11.1 Å². The molecule has 0 aliphatic carbocycles. The van der Waals surface area contributed by atoms with Crippen molar-refractivity contribution in [1.29, 1.82) is 0 Å². The average molecular weight is 378 g/mol. The van der Waals surface area contributed by atoms with Gasteiger partial charge in [0.2, 0.25) is 0 Å². The number of hydrogen-bond donors (Lipinski definition) is 0. The van der Waals surface area contributed by atoms with E-state index in [1.54, 1.807) is 23.1 Å². The second-order valence-electron chi connectivity index (χ2n) is 6.43. The third kappa shape index (κ3) is 3.58. The first-order valence-electron chi connectivity index (χ1n) is 8.15. The molecular weight excluding hydrogens is 358 g/mol. The summed E-state index contributed by atoms with van der Waals surface area (Å²) >= 11 is 6.25. The maximum atomic E-state index is 13.3. The molecule has 132 valence electrons. The highest BCUT2D eigenvalue weighted by Gasteiger charge is 2.36. The summed E-state index contributed by atoms with van der Waals surface area (Å²) in [6, 6.07) is 12.3. The first-order valence-corrected chi connectivity index (χ1v) is 10.3. The molecule has 0 radical (unpaired) electrons. The number of halogens is 1. The molecule has 1 atom stereocenters. The molecular formula is C19H20ClNO3S. The topological polar surface area (TPSA) is 54.5 Å². The number of carbonyl (C=O) groups excluding carboxylic acids is 1. The summed E-state index contributed by atoms with van der Waals surface area (Å²) in [5, 5.41) is 0.556. The van der Waals surface area contributed by atoms with Gasteiger partial charge in [0.05, 0.1) is 17.5 Å². The Morgan fingerprint density at radius 3 is 2.48 bits per heavy atom. The van der Waals surface area contributed by atoms with Crippen LogP contribution in [0.2, 0.25) is 5.02 Å². The lowest BCUT2D eigenvalue weighted by molar-refractivity contribution is 0.0978. The lowest BCUT2D eigenvalue weighted by Crippen LogP contribution is -2.42. The van der Waals surface area contributed by atoms with Crippen LogP contribution in [0.5, 0.6) is 0 Å². The van der Waals surface area contributed by atoms with E-state index in [2.05, 4.69) is 0 Å².